The lowest BCUT2D eigenvalue weighted by molar-refractivity contribution is 0.476. The molecule has 1 N–H and O–H groups in total. The highest BCUT2D eigenvalue weighted by Crippen LogP contribution is 2.04. The molecule has 1 aromatic heterocycles. The lowest BCUT2D eigenvalue weighted by atomic mass is 10.2. The summed E-state index contributed by atoms with van der Waals surface area (Å²) in [4.78, 5) is 6.78. The van der Waals surface area contributed by atoms with Crippen molar-refractivity contribution in [1.29, 1.82) is 0 Å². The average Bonchev–Trinajstić information content (AvgIpc) is 2.84. The fourth-order valence-electron chi connectivity index (χ4n) is 2.14. The van der Waals surface area contributed by atoms with Gasteiger partial charge >= 0.3 is 0 Å². The predicted molar refractivity (Wildman–Crippen MR) is 104 cm³/mol. The topological polar surface area (TPSA) is 58.3 Å². The standard InChI is InChI=1S/C16H24N6.HI/c1-5-17-16(18-11-15-20-19-13(2)22(15)4)21(3)12-14-9-7-6-8-10-14;/h6-10H,5,11-12H2,1-4H3,(H,17,18);1H. The van der Waals surface area contributed by atoms with Crippen LogP contribution in [0.15, 0.2) is 35.3 Å². The number of nitrogens with one attached hydrogen (secondary N) is 1. The van der Waals surface area contributed by atoms with Gasteiger partial charge in [-0.1, -0.05) is 30.3 Å². The number of halogens is 1. The summed E-state index contributed by atoms with van der Waals surface area (Å²) in [5, 5.41) is 11.5. The lowest BCUT2D eigenvalue weighted by Gasteiger charge is -2.22. The summed E-state index contributed by atoms with van der Waals surface area (Å²) in [6.45, 7) is 6.16. The number of aryl methyl sites for hydroxylation is 1. The first-order chi connectivity index (χ1) is 10.6. The fourth-order valence-corrected chi connectivity index (χ4v) is 2.14. The van der Waals surface area contributed by atoms with E-state index < -0.39 is 0 Å². The van der Waals surface area contributed by atoms with Crippen molar-refractivity contribution < 1.29 is 0 Å². The first-order valence-electron chi connectivity index (χ1n) is 7.50. The molecular weight excluding hydrogens is 403 g/mol. The summed E-state index contributed by atoms with van der Waals surface area (Å²) >= 11 is 0. The molecule has 0 bridgehead atoms. The second-order valence-electron chi connectivity index (χ2n) is 5.23. The van der Waals surface area contributed by atoms with Gasteiger partial charge in [0.05, 0.1) is 0 Å². The Kier molecular flexibility index (Phi) is 8.01. The monoisotopic (exact) mass is 428 g/mol. The fraction of sp³-hybridized carbons (Fsp3) is 0.438. The molecule has 0 saturated heterocycles. The van der Waals surface area contributed by atoms with Gasteiger partial charge < -0.3 is 14.8 Å². The summed E-state index contributed by atoms with van der Waals surface area (Å²) in [5.74, 6) is 2.63. The molecule has 0 aliphatic carbocycles. The smallest absolute Gasteiger partial charge is 0.194 e. The summed E-state index contributed by atoms with van der Waals surface area (Å²) in [6, 6.07) is 10.4. The van der Waals surface area contributed by atoms with Crippen LogP contribution in [0.2, 0.25) is 0 Å². The second-order valence-corrected chi connectivity index (χ2v) is 5.23. The molecule has 0 fully saturated rings. The Morgan fingerprint density at radius 3 is 2.52 bits per heavy atom. The van der Waals surface area contributed by atoms with Gasteiger partial charge in [0.1, 0.15) is 12.4 Å². The molecule has 2 rings (SSSR count). The highest BCUT2D eigenvalue weighted by atomic mass is 127. The molecule has 0 radical (unpaired) electrons. The van der Waals surface area contributed by atoms with Crippen molar-refractivity contribution in [3.05, 3.63) is 47.5 Å². The molecular formula is C16H25IN6. The van der Waals surface area contributed by atoms with E-state index in [-0.39, 0.29) is 24.0 Å². The number of guanidine groups is 1. The maximum atomic E-state index is 4.66. The van der Waals surface area contributed by atoms with Gasteiger partial charge in [-0.05, 0) is 19.4 Å². The number of hydrogen-bond donors (Lipinski definition) is 1. The first-order valence-corrected chi connectivity index (χ1v) is 7.50. The van der Waals surface area contributed by atoms with E-state index in [1.165, 1.54) is 5.56 Å². The molecule has 0 spiro atoms. The van der Waals surface area contributed by atoms with E-state index in [0.717, 1.165) is 30.7 Å². The number of aromatic nitrogens is 3. The predicted octanol–water partition coefficient (Wildman–Crippen LogP) is 2.34. The van der Waals surface area contributed by atoms with Crippen LogP contribution in [-0.2, 0) is 20.1 Å². The van der Waals surface area contributed by atoms with Crippen LogP contribution in [-0.4, -0.2) is 39.2 Å². The summed E-state index contributed by atoms with van der Waals surface area (Å²) in [7, 11) is 4.00. The quantitative estimate of drug-likeness (QED) is 0.451. The van der Waals surface area contributed by atoms with Crippen molar-refractivity contribution in [2.45, 2.75) is 26.9 Å². The number of benzene rings is 1. The summed E-state index contributed by atoms with van der Waals surface area (Å²) in [5.41, 5.74) is 1.25. The molecule has 2 aromatic rings. The van der Waals surface area contributed by atoms with E-state index in [9.17, 15) is 0 Å². The third-order valence-electron chi connectivity index (χ3n) is 3.51. The van der Waals surface area contributed by atoms with Crippen molar-refractivity contribution in [2.24, 2.45) is 12.0 Å². The van der Waals surface area contributed by atoms with E-state index in [4.69, 9.17) is 0 Å². The normalized spacial score (nSPS) is 11.0. The highest BCUT2D eigenvalue weighted by molar-refractivity contribution is 14.0. The largest absolute Gasteiger partial charge is 0.357 e. The molecule has 0 atom stereocenters. The molecule has 1 heterocycles. The third kappa shape index (κ3) is 5.49. The van der Waals surface area contributed by atoms with Gasteiger partial charge in [0.2, 0.25) is 0 Å². The van der Waals surface area contributed by atoms with Crippen molar-refractivity contribution in [1.82, 2.24) is 25.0 Å². The lowest BCUT2D eigenvalue weighted by Crippen LogP contribution is -2.38. The van der Waals surface area contributed by atoms with E-state index in [1.54, 1.807) is 0 Å². The van der Waals surface area contributed by atoms with E-state index in [2.05, 4.69) is 56.6 Å². The number of aliphatic imine (C=N–C) groups is 1. The Hall–Kier alpha value is -1.64. The minimum atomic E-state index is 0. The molecule has 23 heavy (non-hydrogen) atoms. The molecule has 7 heteroatoms. The Balaban J connectivity index is 0.00000264. The maximum Gasteiger partial charge on any atom is 0.194 e. The Morgan fingerprint density at radius 1 is 1.26 bits per heavy atom. The molecule has 126 valence electrons. The van der Waals surface area contributed by atoms with E-state index in [1.807, 2.05) is 31.7 Å². The molecule has 0 aliphatic heterocycles. The third-order valence-corrected chi connectivity index (χ3v) is 3.51. The van der Waals surface area contributed by atoms with Crippen molar-refractivity contribution in [3.63, 3.8) is 0 Å². The Morgan fingerprint density at radius 2 is 1.96 bits per heavy atom. The van der Waals surface area contributed by atoms with E-state index in [0.29, 0.717) is 6.54 Å². The molecule has 6 nitrogen and oxygen atoms in total. The summed E-state index contributed by atoms with van der Waals surface area (Å²) < 4.78 is 1.96. The second kappa shape index (κ2) is 9.49. The van der Waals surface area contributed by atoms with Gasteiger partial charge in [0.15, 0.2) is 11.8 Å². The highest BCUT2D eigenvalue weighted by Gasteiger charge is 2.08. The van der Waals surface area contributed by atoms with Crippen LogP contribution in [0.3, 0.4) is 0 Å². The first kappa shape index (κ1) is 19.4. The van der Waals surface area contributed by atoms with Crippen LogP contribution in [0.4, 0.5) is 0 Å². The van der Waals surface area contributed by atoms with Crippen LogP contribution in [0.5, 0.6) is 0 Å². The van der Waals surface area contributed by atoms with Crippen molar-refractivity contribution >= 4 is 29.9 Å². The minimum absolute atomic E-state index is 0. The zero-order valence-electron chi connectivity index (χ0n) is 14.2. The van der Waals surface area contributed by atoms with Crippen molar-refractivity contribution in [2.75, 3.05) is 13.6 Å². The van der Waals surface area contributed by atoms with Crippen LogP contribution < -0.4 is 5.32 Å². The summed E-state index contributed by atoms with van der Waals surface area (Å²) in [6.07, 6.45) is 0. The van der Waals surface area contributed by atoms with Gasteiger partial charge in [0.25, 0.3) is 0 Å². The molecule has 0 amide bonds. The Labute approximate surface area is 155 Å². The average molecular weight is 428 g/mol. The van der Waals surface area contributed by atoms with Gasteiger partial charge in [-0.25, -0.2) is 4.99 Å². The minimum Gasteiger partial charge on any atom is -0.357 e. The van der Waals surface area contributed by atoms with Gasteiger partial charge in [-0.2, -0.15) is 0 Å². The van der Waals surface area contributed by atoms with Gasteiger partial charge in [-0.15, -0.1) is 34.2 Å². The molecule has 0 unspecified atom stereocenters. The van der Waals surface area contributed by atoms with Crippen LogP contribution in [0.25, 0.3) is 0 Å². The number of hydrogen-bond acceptors (Lipinski definition) is 3. The zero-order chi connectivity index (χ0) is 15.9. The molecule has 1 aromatic carbocycles. The van der Waals surface area contributed by atoms with Gasteiger partial charge in [-0.3, -0.25) is 0 Å². The number of nitrogens with zero attached hydrogens (tertiary/aromatic N) is 5. The van der Waals surface area contributed by atoms with Gasteiger partial charge in [0, 0.05) is 27.2 Å². The van der Waals surface area contributed by atoms with E-state index >= 15 is 0 Å². The SMILES string of the molecule is CCNC(=NCc1nnc(C)n1C)N(C)Cc1ccccc1.I. The molecule has 0 saturated carbocycles. The zero-order valence-corrected chi connectivity index (χ0v) is 16.5. The van der Waals surface area contributed by atoms with Crippen LogP contribution in [0.1, 0.15) is 24.1 Å². The van der Waals surface area contributed by atoms with Crippen molar-refractivity contribution in [3.8, 4) is 0 Å². The number of rotatable bonds is 5. The Bertz CT molecular complexity index is 623. The maximum absolute atomic E-state index is 4.66. The molecule has 0 aliphatic rings. The van der Waals surface area contributed by atoms with Crippen LogP contribution >= 0.6 is 24.0 Å². The van der Waals surface area contributed by atoms with Crippen LogP contribution in [0, 0.1) is 6.92 Å².